The third-order valence-corrected chi connectivity index (χ3v) is 3.15. The summed E-state index contributed by atoms with van der Waals surface area (Å²) in [5.74, 6) is -0.321. The number of rotatable bonds is 6. The molecule has 0 fully saturated rings. The lowest BCUT2D eigenvalue weighted by atomic mass is 10.1. The normalized spacial score (nSPS) is 10.6. The minimum atomic E-state index is -0.312. The number of carbonyl (C=O) groups excluding carboxylic acids is 2. The quantitative estimate of drug-likeness (QED) is 0.598. The van der Waals surface area contributed by atoms with Crippen LogP contribution in [0.2, 0.25) is 5.15 Å². The molecular formula is C15H21ClN2O3. The number of carbonyl (C=O) groups is 2. The standard InChI is InChI=1S/C15H21ClN2O3/c1-5-21-14(19)6-7-18(4)15(20)11-8-12(10(2)3)17-13(16)9-11/h8-10H,5-7H2,1-4H3. The maximum atomic E-state index is 12.3. The smallest absolute Gasteiger partial charge is 0.307 e. The fourth-order valence-electron chi connectivity index (χ4n) is 1.75. The first-order valence-electron chi connectivity index (χ1n) is 6.93. The summed E-state index contributed by atoms with van der Waals surface area (Å²) in [6.45, 7) is 6.36. The van der Waals surface area contributed by atoms with E-state index in [0.717, 1.165) is 5.69 Å². The van der Waals surface area contributed by atoms with Crippen LogP contribution >= 0.6 is 11.6 Å². The van der Waals surface area contributed by atoms with Crippen LogP contribution in [0.1, 0.15) is 49.2 Å². The molecule has 116 valence electrons. The number of aromatic nitrogens is 1. The van der Waals surface area contributed by atoms with Crippen molar-refractivity contribution in [2.75, 3.05) is 20.2 Å². The lowest BCUT2D eigenvalue weighted by molar-refractivity contribution is -0.143. The highest BCUT2D eigenvalue weighted by Crippen LogP contribution is 2.18. The van der Waals surface area contributed by atoms with Crippen LogP contribution in [0.4, 0.5) is 0 Å². The summed E-state index contributed by atoms with van der Waals surface area (Å²) in [6.07, 6.45) is 0.173. The van der Waals surface area contributed by atoms with Crippen molar-refractivity contribution >= 4 is 23.5 Å². The molecule has 0 bridgehead atoms. The monoisotopic (exact) mass is 312 g/mol. The maximum Gasteiger partial charge on any atom is 0.307 e. The van der Waals surface area contributed by atoms with E-state index in [1.807, 2.05) is 13.8 Å². The van der Waals surface area contributed by atoms with Crippen molar-refractivity contribution in [2.24, 2.45) is 0 Å². The van der Waals surface area contributed by atoms with Crippen LogP contribution in [0.5, 0.6) is 0 Å². The van der Waals surface area contributed by atoms with Gasteiger partial charge >= 0.3 is 5.97 Å². The molecule has 6 heteroatoms. The molecule has 0 spiro atoms. The van der Waals surface area contributed by atoms with E-state index in [2.05, 4.69) is 4.98 Å². The third kappa shape index (κ3) is 5.34. The van der Waals surface area contributed by atoms with E-state index in [1.165, 1.54) is 11.0 Å². The van der Waals surface area contributed by atoms with Gasteiger partial charge in [-0.2, -0.15) is 0 Å². The Morgan fingerprint density at radius 2 is 2.05 bits per heavy atom. The summed E-state index contributed by atoms with van der Waals surface area (Å²) in [6, 6.07) is 3.27. The van der Waals surface area contributed by atoms with E-state index in [0.29, 0.717) is 23.9 Å². The van der Waals surface area contributed by atoms with Crippen LogP contribution in [0.3, 0.4) is 0 Å². The molecule has 1 rings (SSSR count). The van der Waals surface area contributed by atoms with Gasteiger partial charge in [-0.05, 0) is 25.0 Å². The van der Waals surface area contributed by atoms with Crippen LogP contribution in [0, 0.1) is 0 Å². The zero-order valence-electron chi connectivity index (χ0n) is 12.9. The first-order chi connectivity index (χ1) is 9.85. The lowest BCUT2D eigenvalue weighted by Gasteiger charge is -2.17. The number of hydrogen-bond acceptors (Lipinski definition) is 4. The number of esters is 1. The van der Waals surface area contributed by atoms with E-state index >= 15 is 0 Å². The third-order valence-electron chi connectivity index (χ3n) is 2.96. The molecule has 0 radical (unpaired) electrons. The molecule has 0 aliphatic rings. The minimum absolute atomic E-state index is 0.173. The zero-order valence-corrected chi connectivity index (χ0v) is 13.6. The molecule has 1 aromatic rings. The second kappa shape index (κ2) is 7.98. The Morgan fingerprint density at radius 3 is 2.62 bits per heavy atom. The van der Waals surface area contributed by atoms with Crippen molar-refractivity contribution in [3.63, 3.8) is 0 Å². The van der Waals surface area contributed by atoms with Crippen LogP contribution in [-0.4, -0.2) is 42.0 Å². The predicted octanol–water partition coefficient (Wildman–Crippen LogP) is 2.88. The van der Waals surface area contributed by atoms with Gasteiger partial charge in [-0.3, -0.25) is 9.59 Å². The van der Waals surface area contributed by atoms with Crippen LogP contribution in [0.15, 0.2) is 12.1 Å². The van der Waals surface area contributed by atoms with Crippen molar-refractivity contribution < 1.29 is 14.3 Å². The van der Waals surface area contributed by atoms with Crippen molar-refractivity contribution in [1.82, 2.24) is 9.88 Å². The Morgan fingerprint density at radius 1 is 1.38 bits per heavy atom. The molecule has 0 aromatic carbocycles. The van der Waals surface area contributed by atoms with Gasteiger partial charge in [0, 0.05) is 24.8 Å². The van der Waals surface area contributed by atoms with Gasteiger partial charge in [0.05, 0.1) is 13.0 Å². The molecule has 0 aliphatic heterocycles. The number of halogens is 1. The van der Waals surface area contributed by atoms with Gasteiger partial charge in [0.1, 0.15) is 5.15 Å². The predicted molar refractivity (Wildman–Crippen MR) is 81.5 cm³/mol. The van der Waals surface area contributed by atoms with E-state index in [9.17, 15) is 9.59 Å². The summed E-state index contributed by atoms with van der Waals surface area (Å²) in [7, 11) is 1.64. The van der Waals surface area contributed by atoms with Crippen LogP contribution in [-0.2, 0) is 9.53 Å². The van der Waals surface area contributed by atoms with E-state index < -0.39 is 0 Å². The maximum absolute atomic E-state index is 12.3. The number of hydrogen-bond donors (Lipinski definition) is 0. The van der Waals surface area contributed by atoms with E-state index in [1.54, 1.807) is 20.0 Å². The highest BCUT2D eigenvalue weighted by molar-refractivity contribution is 6.29. The Hall–Kier alpha value is -1.62. The fraction of sp³-hybridized carbons (Fsp3) is 0.533. The molecule has 1 amide bonds. The van der Waals surface area contributed by atoms with Gasteiger partial charge in [-0.15, -0.1) is 0 Å². The Balaban J connectivity index is 2.76. The summed E-state index contributed by atoms with van der Waals surface area (Å²) < 4.78 is 4.84. The average molecular weight is 313 g/mol. The molecule has 0 saturated heterocycles. The zero-order chi connectivity index (χ0) is 16.0. The topological polar surface area (TPSA) is 59.5 Å². The van der Waals surface area contributed by atoms with Crippen molar-refractivity contribution in [1.29, 1.82) is 0 Å². The summed E-state index contributed by atoms with van der Waals surface area (Å²) >= 11 is 5.96. The van der Waals surface area contributed by atoms with Gasteiger partial charge in [-0.25, -0.2) is 4.98 Å². The molecule has 21 heavy (non-hydrogen) atoms. The number of amides is 1. The van der Waals surface area contributed by atoms with Crippen LogP contribution < -0.4 is 0 Å². The molecule has 1 heterocycles. The molecule has 0 saturated carbocycles. The molecular weight excluding hydrogens is 292 g/mol. The molecule has 0 aliphatic carbocycles. The number of nitrogens with zero attached hydrogens (tertiary/aromatic N) is 2. The molecule has 0 atom stereocenters. The molecule has 5 nitrogen and oxygen atoms in total. The highest BCUT2D eigenvalue weighted by Gasteiger charge is 2.16. The SMILES string of the molecule is CCOC(=O)CCN(C)C(=O)c1cc(Cl)nc(C(C)C)c1. The highest BCUT2D eigenvalue weighted by atomic mass is 35.5. The minimum Gasteiger partial charge on any atom is -0.466 e. The van der Waals surface area contributed by atoms with Crippen LogP contribution in [0.25, 0.3) is 0 Å². The second-order valence-electron chi connectivity index (χ2n) is 5.04. The Labute approximate surface area is 130 Å². The van der Waals surface area contributed by atoms with Gasteiger partial charge < -0.3 is 9.64 Å². The second-order valence-corrected chi connectivity index (χ2v) is 5.43. The average Bonchev–Trinajstić information content (AvgIpc) is 2.43. The largest absolute Gasteiger partial charge is 0.466 e. The van der Waals surface area contributed by atoms with Gasteiger partial charge in [0.15, 0.2) is 0 Å². The van der Waals surface area contributed by atoms with Crippen molar-refractivity contribution in [2.45, 2.75) is 33.1 Å². The lowest BCUT2D eigenvalue weighted by Crippen LogP contribution is -2.29. The Bertz CT molecular complexity index is 518. The summed E-state index contributed by atoms with van der Waals surface area (Å²) in [5, 5.41) is 0.295. The first kappa shape index (κ1) is 17.4. The first-order valence-corrected chi connectivity index (χ1v) is 7.31. The molecule has 0 N–H and O–H groups in total. The fourth-order valence-corrected chi connectivity index (χ4v) is 1.97. The van der Waals surface area contributed by atoms with Crippen molar-refractivity contribution in [3.05, 3.63) is 28.5 Å². The summed E-state index contributed by atoms with van der Waals surface area (Å²) in [4.78, 5) is 29.3. The molecule has 1 aromatic heterocycles. The number of pyridine rings is 1. The van der Waals surface area contributed by atoms with E-state index in [4.69, 9.17) is 16.3 Å². The van der Waals surface area contributed by atoms with Gasteiger partial charge in [0.2, 0.25) is 0 Å². The molecule has 0 unspecified atom stereocenters. The number of ether oxygens (including phenoxy) is 1. The van der Waals surface area contributed by atoms with Crippen molar-refractivity contribution in [3.8, 4) is 0 Å². The van der Waals surface area contributed by atoms with E-state index in [-0.39, 0.29) is 24.2 Å². The van der Waals surface area contributed by atoms with Gasteiger partial charge in [0.25, 0.3) is 5.91 Å². The summed E-state index contributed by atoms with van der Waals surface area (Å²) in [5.41, 5.74) is 1.25. The van der Waals surface area contributed by atoms with Gasteiger partial charge in [-0.1, -0.05) is 25.4 Å². The Kier molecular flexibility index (Phi) is 6.62.